The lowest BCUT2D eigenvalue weighted by molar-refractivity contribution is -0.131. The molecule has 0 saturated heterocycles. The number of nitriles is 1. The molecule has 1 saturated carbocycles. The molecule has 1 aliphatic rings. The van der Waals surface area contributed by atoms with Crippen LogP contribution in [-0.2, 0) is 9.59 Å². The van der Waals surface area contributed by atoms with Crippen molar-refractivity contribution in [3.63, 3.8) is 0 Å². The van der Waals surface area contributed by atoms with Crippen LogP contribution in [0.15, 0.2) is 42.6 Å². The average Bonchev–Trinajstić information content (AvgIpc) is 2.92. The van der Waals surface area contributed by atoms with Crippen LogP contribution >= 0.6 is 0 Å². The van der Waals surface area contributed by atoms with Gasteiger partial charge in [-0.25, -0.2) is 4.98 Å². The van der Waals surface area contributed by atoms with E-state index in [1.165, 1.54) is 18.1 Å². The average molecular weight is 530 g/mol. The lowest BCUT2D eigenvalue weighted by atomic mass is 9.86. The second-order valence-electron chi connectivity index (χ2n) is 9.69. The van der Waals surface area contributed by atoms with Crippen LogP contribution in [0.4, 0.5) is 11.6 Å². The van der Waals surface area contributed by atoms with Crippen molar-refractivity contribution >= 4 is 23.5 Å². The zero-order valence-corrected chi connectivity index (χ0v) is 22.9. The smallest absolute Gasteiger partial charge is 0.246 e. The number of anilines is 2. The first-order valence-corrected chi connectivity index (χ1v) is 12.8. The Hall–Kier alpha value is -4.41. The molecule has 3 rings (SSSR count). The molecule has 1 aromatic heterocycles. The maximum absolute atomic E-state index is 12.5. The third kappa shape index (κ3) is 9.44. The third-order valence-corrected chi connectivity index (χ3v) is 6.16. The molecule has 0 bridgehead atoms. The van der Waals surface area contributed by atoms with Crippen molar-refractivity contribution in [1.29, 1.82) is 5.26 Å². The highest BCUT2D eigenvalue weighted by Gasteiger charge is 2.23. The first-order valence-electron chi connectivity index (χ1n) is 12.8. The SMILES string of the molecule is COc1nc(Nc2ccc(C#N)cc2)ncc1C#C[C@@H]1CCC[C@H](NC(=O)CN(C)C(=O)/C=C/CN(C)C)C1. The van der Waals surface area contributed by atoms with E-state index >= 15 is 0 Å². The number of benzene rings is 1. The van der Waals surface area contributed by atoms with Gasteiger partial charge in [0, 0.05) is 37.3 Å². The molecule has 1 aliphatic carbocycles. The predicted octanol–water partition coefficient (Wildman–Crippen LogP) is 2.70. The summed E-state index contributed by atoms with van der Waals surface area (Å²) >= 11 is 0. The molecule has 10 nitrogen and oxygen atoms in total. The van der Waals surface area contributed by atoms with Crippen molar-refractivity contribution in [2.45, 2.75) is 31.7 Å². The van der Waals surface area contributed by atoms with E-state index in [1.54, 1.807) is 43.6 Å². The second kappa shape index (κ2) is 14.5. The lowest BCUT2D eigenvalue weighted by Gasteiger charge is -2.27. The topological polar surface area (TPSA) is 123 Å². The number of nitrogens with one attached hydrogen (secondary N) is 2. The number of carbonyl (C=O) groups is 2. The number of carbonyl (C=O) groups excluding carboxylic acids is 2. The molecule has 0 radical (unpaired) electrons. The maximum atomic E-state index is 12.5. The van der Waals surface area contributed by atoms with Gasteiger partial charge in [-0.05, 0) is 57.6 Å². The van der Waals surface area contributed by atoms with Gasteiger partial charge in [-0.2, -0.15) is 10.2 Å². The minimum absolute atomic E-state index is 0.00930. The minimum Gasteiger partial charge on any atom is -0.480 e. The van der Waals surface area contributed by atoms with Gasteiger partial charge in [-0.15, -0.1) is 0 Å². The zero-order chi connectivity index (χ0) is 28.2. The Morgan fingerprint density at radius 2 is 1.97 bits per heavy atom. The van der Waals surface area contributed by atoms with Crippen LogP contribution in [0.2, 0.25) is 0 Å². The number of ether oxygens (including phenoxy) is 1. The Kier molecular flexibility index (Phi) is 10.8. The summed E-state index contributed by atoms with van der Waals surface area (Å²) in [7, 11) is 7.00. The molecule has 39 heavy (non-hydrogen) atoms. The highest BCUT2D eigenvalue weighted by atomic mass is 16.5. The molecular weight excluding hydrogens is 494 g/mol. The fraction of sp³-hybridized carbons (Fsp3) is 0.414. The molecule has 2 N–H and O–H groups in total. The lowest BCUT2D eigenvalue weighted by Crippen LogP contribution is -2.44. The number of nitrogens with zero attached hydrogens (tertiary/aromatic N) is 5. The van der Waals surface area contributed by atoms with E-state index in [4.69, 9.17) is 10.00 Å². The second-order valence-corrected chi connectivity index (χ2v) is 9.69. The molecule has 204 valence electrons. The largest absolute Gasteiger partial charge is 0.480 e. The van der Waals surface area contributed by atoms with Crippen LogP contribution in [0.25, 0.3) is 0 Å². The van der Waals surface area contributed by atoms with Gasteiger partial charge in [0.1, 0.15) is 5.56 Å². The summed E-state index contributed by atoms with van der Waals surface area (Å²) in [6, 6.07) is 9.07. The highest BCUT2D eigenvalue weighted by molar-refractivity contribution is 5.91. The number of hydrogen-bond acceptors (Lipinski definition) is 8. The van der Waals surface area contributed by atoms with Crippen LogP contribution in [0.3, 0.4) is 0 Å². The molecule has 0 unspecified atom stereocenters. The molecular formula is C29H35N7O3. The minimum atomic E-state index is -0.200. The molecule has 0 aliphatic heterocycles. The van der Waals surface area contributed by atoms with Gasteiger partial charge >= 0.3 is 0 Å². The molecule has 2 atom stereocenters. The number of rotatable bonds is 9. The van der Waals surface area contributed by atoms with Crippen molar-refractivity contribution in [2.75, 3.05) is 46.7 Å². The summed E-state index contributed by atoms with van der Waals surface area (Å²) < 4.78 is 5.43. The number of methoxy groups -OCH3 is 1. The molecule has 1 heterocycles. The van der Waals surface area contributed by atoms with Crippen molar-refractivity contribution < 1.29 is 14.3 Å². The van der Waals surface area contributed by atoms with Crippen LogP contribution in [0, 0.1) is 29.1 Å². The normalized spacial score (nSPS) is 16.6. The summed E-state index contributed by atoms with van der Waals surface area (Å²) in [6.07, 6.45) is 8.40. The fourth-order valence-electron chi connectivity index (χ4n) is 4.11. The standard InChI is InChI=1S/C29H35N7O3/c1-35(2)16-6-9-27(38)36(3)20-26(37)32-25-8-5-7-21(17-25)10-13-23-19-31-29(34-28(23)39-4)33-24-14-11-22(18-30)12-15-24/h6,9,11-12,14-15,19,21,25H,5,7-8,16-17,20H2,1-4H3,(H,32,37)(H,31,33,34)/b9-6+/t21-,25-/m0/s1. The number of amides is 2. The van der Waals surface area contributed by atoms with Crippen LogP contribution < -0.4 is 15.4 Å². The van der Waals surface area contributed by atoms with Crippen molar-refractivity contribution in [3.05, 3.63) is 53.7 Å². The highest BCUT2D eigenvalue weighted by Crippen LogP contribution is 2.25. The molecule has 1 fully saturated rings. The zero-order valence-electron chi connectivity index (χ0n) is 22.9. The van der Waals surface area contributed by atoms with E-state index in [0.29, 0.717) is 29.5 Å². The summed E-state index contributed by atoms with van der Waals surface area (Å²) in [6.45, 7) is 0.670. The first-order chi connectivity index (χ1) is 18.8. The fourth-order valence-corrected chi connectivity index (χ4v) is 4.11. The van der Waals surface area contributed by atoms with E-state index in [0.717, 1.165) is 31.4 Å². The monoisotopic (exact) mass is 529 g/mol. The molecule has 0 spiro atoms. The molecule has 2 aromatic rings. The van der Waals surface area contributed by atoms with Crippen molar-refractivity contribution in [2.24, 2.45) is 5.92 Å². The summed E-state index contributed by atoms with van der Waals surface area (Å²) in [5, 5.41) is 15.1. The number of aromatic nitrogens is 2. The predicted molar refractivity (Wildman–Crippen MR) is 149 cm³/mol. The Balaban J connectivity index is 1.55. The number of likely N-dealkylation sites (N-methyl/N-ethyl adjacent to an activating group) is 2. The number of hydrogen-bond donors (Lipinski definition) is 2. The van der Waals surface area contributed by atoms with Gasteiger partial charge < -0.3 is 25.2 Å². The van der Waals surface area contributed by atoms with Crippen molar-refractivity contribution in [1.82, 2.24) is 25.1 Å². The van der Waals surface area contributed by atoms with Gasteiger partial charge in [0.15, 0.2) is 0 Å². The van der Waals surface area contributed by atoms with E-state index in [-0.39, 0.29) is 30.3 Å². The Bertz CT molecular complexity index is 1270. The van der Waals surface area contributed by atoms with Gasteiger partial charge in [-0.1, -0.05) is 24.3 Å². The third-order valence-electron chi connectivity index (χ3n) is 6.16. The van der Waals surface area contributed by atoms with Crippen LogP contribution in [-0.4, -0.2) is 79.0 Å². The maximum Gasteiger partial charge on any atom is 0.246 e. The van der Waals surface area contributed by atoms with Gasteiger partial charge in [0.2, 0.25) is 23.6 Å². The Morgan fingerprint density at radius 1 is 1.21 bits per heavy atom. The van der Waals surface area contributed by atoms with E-state index < -0.39 is 0 Å². The molecule has 1 aromatic carbocycles. The summed E-state index contributed by atoms with van der Waals surface area (Å²) in [5.74, 6) is 6.90. The van der Waals surface area contributed by atoms with E-state index in [1.807, 2.05) is 19.0 Å². The van der Waals surface area contributed by atoms with Crippen molar-refractivity contribution in [3.8, 4) is 23.8 Å². The molecule has 10 heteroatoms. The molecule has 2 amide bonds. The van der Waals surface area contributed by atoms with Gasteiger partial charge in [0.25, 0.3) is 0 Å². The van der Waals surface area contributed by atoms with Crippen LogP contribution in [0.5, 0.6) is 5.88 Å². The summed E-state index contributed by atoms with van der Waals surface area (Å²) in [4.78, 5) is 36.9. The quantitative estimate of drug-likeness (QED) is 0.376. The Morgan fingerprint density at radius 3 is 2.67 bits per heavy atom. The van der Waals surface area contributed by atoms with E-state index in [2.05, 4.69) is 38.5 Å². The van der Waals surface area contributed by atoms with Gasteiger partial charge in [0.05, 0.1) is 31.5 Å². The van der Waals surface area contributed by atoms with Gasteiger partial charge in [-0.3, -0.25) is 9.59 Å². The first kappa shape index (κ1) is 29.2. The Labute approximate surface area is 230 Å². The van der Waals surface area contributed by atoms with Crippen LogP contribution in [0.1, 0.15) is 36.8 Å². The van der Waals surface area contributed by atoms with E-state index in [9.17, 15) is 9.59 Å². The summed E-state index contributed by atoms with van der Waals surface area (Å²) in [5.41, 5.74) is 1.90.